The molecular weight excluding hydrogens is 422 g/mol. The number of carboxylic acids is 2. The van der Waals surface area contributed by atoms with E-state index in [0.717, 1.165) is 22.4 Å². The first-order chi connectivity index (χ1) is 16.0. The highest BCUT2D eigenvalue weighted by Crippen LogP contribution is 2.22. The Hall–Kier alpha value is -4.13. The van der Waals surface area contributed by atoms with Crippen LogP contribution in [-0.2, 0) is 14.4 Å². The monoisotopic (exact) mass is 447 g/mol. The summed E-state index contributed by atoms with van der Waals surface area (Å²) < 4.78 is 5.56. The maximum atomic E-state index is 11.2. The summed E-state index contributed by atoms with van der Waals surface area (Å²) in [4.78, 5) is 27.8. The van der Waals surface area contributed by atoms with Crippen LogP contribution in [0.3, 0.4) is 0 Å². The van der Waals surface area contributed by atoms with Crippen LogP contribution in [0.25, 0.3) is 11.1 Å². The van der Waals surface area contributed by atoms with E-state index in [9.17, 15) is 9.59 Å². The lowest BCUT2D eigenvalue weighted by Gasteiger charge is -2.11. The minimum Gasteiger partial charge on any atom is -0.490 e. The van der Waals surface area contributed by atoms with E-state index in [-0.39, 0.29) is 18.8 Å². The van der Waals surface area contributed by atoms with E-state index >= 15 is 0 Å². The largest absolute Gasteiger partial charge is 0.490 e. The van der Waals surface area contributed by atoms with Crippen LogP contribution in [0.1, 0.15) is 30.4 Å². The maximum absolute atomic E-state index is 11.2. The summed E-state index contributed by atoms with van der Waals surface area (Å²) in [5, 5.41) is 22.5. The Morgan fingerprint density at radius 3 is 2.15 bits per heavy atom. The van der Waals surface area contributed by atoms with Crippen LogP contribution in [0, 0.1) is 0 Å². The SMILES string of the molecule is CC/C(=N\OCCOc1cccc(C(C(=O)O)C(=O)O)c1)c1ccc(-c2ccccc2)cc1. The van der Waals surface area contributed by atoms with Crippen LogP contribution >= 0.6 is 0 Å². The molecule has 0 bridgehead atoms. The molecule has 0 aliphatic heterocycles. The van der Waals surface area contributed by atoms with Crippen LogP contribution in [0.4, 0.5) is 0 Å². The number of rotatable bonds is 11. The van der Waals surface area contributed by atoms with E-state index < -0.39 is 17.9 Å². The second-order valence-electron chi connectivity index (χ2n) is 7.20. The van der Waals surface area contributed by atoms with Crippen molar-refractivity contribution in [2.75, 3.05) is 13.2 Å². The number of benzene rings is 3. The molecule has 0 atom stereocenters. The maximum Gasteiger partial charge on any atom is 0.322 e. The fraction of sp³-hybridized carbons (Fsp3) is 0.192. The third-order valence-corrected chi connectivity index (χ3v) is 4.96. The molecular formula is C26H25NO6. The van der Waals surface area contributed by atoms with Crippen molar-refractivity contribution in [2.24, 2.45) is 5.16 Å². The Bertz CT molecular complexity index is 1100. The molecule has 170 valence electrons. The lowest BCUT2D eigenvalue weighted by molar-refractivity contribution is -0.150. The Morgan fingerprint density at radius 1 is 0.848 bits per heavy atom. The normalized spacial score (nSPS) is 11.3. The molecule has 2 N–H and O–H groups in total. The van der Waals surface area contributed by atoms with Crippen LogP contribution in [-0.4, -0.2) is 41.1 Å². The molecule has 0 aliphatic carbocycles. The molecule has 3 aromatic rings. The first-order valence-electron chi connectivity index (χ1n) is 10.5. The van der Waals surface area contributed by atoms with Crippen LogP contribution in [0.5, 0.6) is 5.75 Å². The van der Waals surface area contributed by atoms with Crippen molar-refractivity contribution in [1.29, 1.82) is 0 Å². The van der Waals surface area contributed by atoms with Crippen molar-refractivity contribution in [1.82, 2.24) is 0 Å². The summed E-state index contributed by atoms with van der Waals surface area (Å²) in [6.07, 6.45) is 0.694. The summed E-state index contributed by atoms with van der Waals surface area (Å²) >= 11 is 0. The van der Waals surface area contributed by atoms with E-state index in [4.69, 9.17) is 19.8 Å². The minimum atomic E-state index is -1.64. The van der Waals surface area contributed by atoms with Crippen molar-refractivity contribution in [3.8, 4) is 16.9 Å². The molecule has 0 aromatic heterocycles. The van der Waals surface area contributed by atoms with Gasteiger partial charge in [-0.15, -0.1) is 0 Å². The highest BCUT2D eigenvalue weighted by molar-refractivity contribution is 6.00. The molecule has 0 heterocycles. The lowest BCUT2D eigenvalue weighted by atomic mass is 9.99. The van der Waals surface area contributed by atoms with Gasteiger partial charge >= 0.3 is 11.9 Å². The molecule has 0 saturated heterocycles. The van der Waals surface area contributed by atoms with Gasteiger partial charge in [0.15, 0.2) is 12.5 Å². The molecule has 33 heavy (non-hydrogen) atoms. The molecule has 0 spiro atoms. The summed E-state index contributed by atoms with van der Waals surface area (Å²) in [6.45, 7) is 2.34. The number of oxime groups is 1. The fourth-order valence-corrected chi connectivity index (χ4v) is 3.30. The highest BCUT2D eigenvalue weighted by Gasteiger charge is 2.28. The number of hydrogen-bond acceptors (Lipinski definition) is 5. The average molecular weight is 447 g/mol. The molecule has 3 rings (SSSR count). The molecule has 3 aromatic carbocycles. The van der Waals surface area contributed by atoms with E-state index in [0.29, 0.717) is 12.2 Å². The topological polar surface area (TPSA) is 105 Å². The van der Waals surface area contributed by atoms with Crippen molar-refractivity contribution < 1.29 is 29.4 Å². The van der Waals surface area contributed by atoms with Crippen LogP contribution < -0.4 is 4.74 Å². The number of nitrogens with zero attached hydrogens (tertiary/aromatic N) is 1. The van der Waals surface area contributed by atoms with Gasteiger partial charge in [-0.25, -0.2) is 0 Å². The molecule has 0 saturated carbocycles. The van der Waals surface area contributed by atoms with Gasteiger partial charge in [-0.3, -0.25) is 9.59 Å². The van der Waals surface area contributed by atoms with Gasteiger partial charge in [0.2, 0.25) is 0 Å². The fourth-order valence-electron chi connectivity index (χ4n) is 3.30. The first-order valence-corrected chi connectivity index (χ1v) is 10.5. The Balaban J connectivity index is 1.55. The predicted molar refractivity (Wildman–Crippen MR) is 125 cm³/mol. The zero-order valence-electron chi connectivity index (χ0n) is 18.2. The molecule has 0 amide bonds. The second kappa shape index (κ2) is 11.5. The molecule has 0 unspecified atom stereocenters. The van der Waals surface area contributed by atoms with Crippen molar-refractivity contribution >= 4 is 17.7 Å². The zero-order valence-corrected chi connectivity index (χ0v) is 18.2. The molecule has 7 heteroatoms. The summed E-state index contributed by atoms with van der Waals surface area (Å²) in [5.74, 6) is -4.14. The Kier molecular flexibility index (Phi) is 8.18. The zero-order chi connectivity index (χ0) is 23.6. The number of hydrogen-bond donors (Lipinski definition) is 2. The number of carboxylic acid groups (broad SMARTS) is 2. The smallest absolute Gasteiger partial charge is 0.322 e. The van der Waals surface area contributed by atoms with E-state index in [1.807, 2.05) is 49.4 Å². The predicted octanol–water partition coefficient (Wildman–Crippen LogP) is 4.82. The number of ether oxygens (including phenoxy) is 1. The van der Waals surface area contributed by atoms with Gasteiger partial charge in [0.1, 0.15) is 12.4 Å². The van der Waals surface area contributed by atoms with Crippen LogP contribution in [0.2, 0.25) is 0 Å². The third-order valence-electron chi connectivity index (χ3n) is 4.96. The van der Waals surface area contributed by atoms with E-state index in [2.05, 4.69) is 17.3 Å². The standard InChI is InChI=1S/C26H25NO6/c1-2-23(20-13-11-19(12-14-20)18-7-4-3-5-8-18)27-33-16-15-32-22-10-6-9-21(17-22)24(25(28)29)26(30)31/h3-14,17,24H,2,15-16H2,1H3,(H,28,29)(H,30,31)/b27-23+. The van der Waals surface area contributed by atoms with Gasteiger partial charge in [-0.05, 0) is 40.8 Å². The first kappa shape index (κ1) is 23.5. The second-order valence-corrected chi connectivity index (χ2v) is 7.20. The molecule has 0 radical (unpaired) electrons. The van der Waals surface area contributed by atoms with Crippen molar-refractivity contribution in [3.63, 3.8) is 0 Å². The van der Waals surface area contributed by atoms with Crippen molar-refractivity contribution in [3.05, 3.63) is 90.0 Å². The summed E-state index contributed by atoms with van der Waals surface area (Å²) in [7, 11) is 0. The lowest BCUT2D eigenvalue weighted by Crippen LogP contribution is -2.21. The minimum absolute atomic E-state index is 0.138. The Labute approximate surface area is 191 Å². The van der Waals surface area contributed by atoms with E-state index in [1.54, 1.807) is 12.1 Å². The summed E-state index contributed by atoms with van der Waals surface area (Å²) in [5.41, 5.74) is 4.19. The van der Waals surface area contributed by atoms with Crippen molar-refractivity contribution in [2.45, 2.75) is 19.3 Å². The molecule has 0 fully saturated rings. The molecule has 7 nitrogen and oxygen atoms in total. The van der Waals surface area contributed by atoms with Gasteiger partial charge in [-0.2, -0.15) is 0 Å². The summed E-state index contributed by atoms with van der Waals surface area (Å²) in [6, 6.07) is 24.3. The Morgan fingerprint density at radius 2 is 1.52 bits per heavy atom. The van der Waals surface area contributed by atoms with Crippen LogP contribution in [0.15, 0.2) is 84.0 Å². The number of aliphatic carboxylic acids is 2. The third kappa shape index (κ3) is 6.43. The quantitative estimate of drug-likeness (QED) is 0.189. The van der Waals surface area contributed by atoms with Gasteiger partial charge in [-0.1, -0.05) is 78.8 Å². The highest BCUT2D eigenvalue weighted by atomic mass is 16.6. The van der Waals surface area contributed by atoms with Gasteiger partial charge in [0.25, 0.3) is 0 Å². The van der Waals surface area contributed by atoms with E-state index in [1.165, 1.54) is 12.1 Å². The average Bonchev–Trinajstić information content (AvgIpc) is 2.82. The number of carbonyl (C=O) groups is 2. The van der Waals surface area contributed by atoms with Gasteiger partial charge < -0.3 is 19.8 Å². The van der Waals surface area contributed by atoms with Gasteiger partial charge in [0, 0.05) is 0 Å². The molecule has 0 aliphatic rings. The van der Waals surface area contributed by atoms with Gasteiger partial charge in [0.05, 0.1) is 5.71 Å².